The van der Waals surface area contributed by atoms with E-state index >= 15 is 0 Å². The Kier molecular flexibility index (Phi) is 8.96. The van der Waals surface area contributed by atoms with E-state index in [9.17, 15) is 4.79 Å². The third kappa shape index (κ3) is 5.25. The van der Waals surface area contributed by atoms with Crippen molar-refractivity contribution in [3.05, 3.63) is 55.0 Å². The van der Waals surface area contributed by atoms with Crippen LogP contribution in [0.1, 0.15) is 105 Å². The summed E-state index contributed by atoms with van der Waals surface area (Å²) in [7, 11) is 0. The Hall–Kier alpha value is -1.63. The number of halogens is 1. The molecule has 2 aliphatic heterocycles. The number of nitrogens with zero attached hydrogens (tertiary/aromatic N) is 1. The number of amides is 1. The quantitative estimate of drug-likeness (QED) is 0.190. The fourth-order valence-corrected chi connectivity index (χ4v) is 22.2. The van der Waals surface area contributed by atoms with Crippen LogP contribution in [0.4, 0.5) is 0 Å². The van der Waals surface area contributed by atoms with E-state index < -0.39 is 19.8 Å². The number of allylic oxidation sites excluding steroid dienone is 1. The number of carbonyl (C=O) groups is 1. The SMILES string of the molecule is C=CC.CC1CCC2(C)C(CCC3(C)C4CCC5(C(=O)NCc6ncc(-c7ccccc7)[nH]6)CCCC5I4CCC23)C1C. The van der Waals surface area contributed by atoms with Crippen LogP contribution in [0.15, 0.2) is 49.2 Å². The number of hydrogen-bond donors (Lipinski definition) is 2. The van der Waals surface area contributed by atoms with E-state index in [0.717, 1.165) is 61.4 Å². The van der Waals surface area contributed by atoms with Gasteiger partial charge >= 0.3 is 250 Å². The Labute approximate surface area is 268 Å². The molecule has 3 aliphatic carbocycles. The minimum absolute atomic E-state index is 0.0880. The van der Waals surface area contributed by atoms with Crippen molar-refractivity contribution in [3.63, 3.8) is 0 Å². The normalized spacial score (nSPS) is 40.5. The Morgan fingerprint density at radius 3 is 2.53 bits per heavy atom. The molecule has 5 aliphatic rings. The van der Waals surface area contributed by atoms with Crippen molar-refractivity contribution in [3.8, 4) is 11.3 Å². The van der Waals surface area contributed by atoms with Crippen LogP contribution in [-0.2, 0) is 11.3 Å². The van der Waals surface area contributed by atoms with Gasteiger partial charge in [0, 0.05) is 0 Å². The number of H-pyrrole nitrogens is 1. The second-order valence-electron chi connectivity index (χ2n) is 15.2. The molecule has 3 saturated carbocycles. The van der Waals surface area contributed by atoms with Crippen molar-refractivity contribution < 1.29 is 4.79 Å². The molecule has 0 spiro atoms. The summed E-state index contributed by atoms with van der Waals surface area (Å²) >= 11 is -1.29. The predicted octanol–water partition coefficient (Wildman–Crippen LogP) is 9.60. The molecule has 5 heteroatoms. The number of aromatic amines is 1. The summed E-state index contributed by atoms with van der Waals surface area (Å²) in [6.07, 6.45) is 17.1. The summed E-state index contributed by atoms with van der Waals surface area (Å²) in [6.45, 7) is 16.3. The van der Waals surface area contributed by atoms with Gasteiger partial charge in [-0.05, 0) is 6.92 Å². The van der Waals surface area contributed by atoms with E-state index in [0.29, 0.717) is 23.3 Å². The number of benzene rings is 1. The summed E-state index contributed by atoms with van der Waals surface area (Å²) in [4.78, 5) is 22.1. The first kappa shape index (κ1) is 31.4. The molecule has 4 nitrogen and oxygen atoms in total. The first-order valence-corrected chi connectivity index (χ1v) is 21.3. The molecule has 0 bridgehead atoms. The van der Waals surface area contributed by atoms with Crippen LogP contribution < -0.4 is 5.32 Å². The summed E-state index contributed by atoms with van der Waals surface area (Å²) in [5.41, 5.74) is 3.14. The van der Waals surface area contributed by atoms with Crippen molar-refractivity contribution in [2.24, 2.45) is 39.9 Å². The molecule has 1 aromatic carbocycles. The van der Waals surface area contributed by atoms with Crippen LogP contribution in [0.25, 0.3) is 11.3 Å². The van der Waals surface area contributed by atoms with E-state index in [2.05, 4.69) is 61.7 Å². The van der Waals surface area contributed by atoms with Gasteiger partial charge in [0.2, 0.25) is 0 Å². The third-order valence-electron chi connectivity index (χ3n) is 13.2. The van der Waals surface area contributed by atoms with Crippen molar-refractivity contribution in [2.45, 2.75) is 113 Å². The molecule has 9 atom stereocenters. The molecule has 1 aromatic heterocycles. The molecule has 2 N–H and O–H groups in total. The van der Waals surface area contributed by atoms with Gasteiger partial charge in [-0.3, -0.25) is 0 Å². The van der Waals surface area contributed by atoms with Gasteiger partial charge in [0.25, 0.3) is 0 Å². The van der Waals surface area contributed by atoms with Crippen LogP contribution in [-0.4, -0.2) is 28.2 Å². The topological polar surface area (TPSA) is 57.8 Å². The van der Waals surface area contributed by atoms with Crippen molar-refractivity contribution in [1.29, 1.82) is 0 Å². The average molecular weight is 698 g/mol. The summed E-state index contributed by atoms with van der Waals surface area (Å²) in [5.74, 6) is 4.83. The van der Waals surface area contributed by atoms with E-state index in [1.165, 1.54) is 55.8 Å². The van der Waals surface area contributed by atoms with Gasteiger partial charge < -0.3 is 0 Å². The fourth-order valence-electron chi connectivity index (χ4n) is 10.9. The van der Waals surface area contributed by atoms with Crippen molar-refractivity contribution in [2.75, 3.05) is 4.43 Å². The molecule has 3 heterocycles. The number of aromatic nitrogens is 2. The second kappa shape index (κ2) is 12.3. The minimum atomic E-state index is -1.29. The third-order valence-corrected chi connectivity index (χ3v) is 22.8. The number of imidazole rings is 1. The summed E-state index contributed by atoms with van der Waals surface area (Å²) < 4.78 is 3.20. The fraction of sp³-hybridized carbons (Fsp3) is 0.684. The Bertz CT molecular complexity index is 1290. The number of alkyl halides is 3. The molecular weight excluding hydrogens is 641 g/mol. The van der Waals surface area contributed by atoms with Crippen LogP contribution in [0, 0.1) is 39.9 Å². The average Bonchev–Trinajstić information content (AvgIpc) is 3.67. The summed E-state index contributed by atoms with van der Waals surface area (Å²) in [6, 6.07) is 10.3. The van der Waals surface area contributed by atoms with Gasteiger partial charge in [-0.1, -0.05) is 6.08 Å². The number of rotatable bonds is 4. The molecule has 5 fully saturated rings. The zero-order valence-corrected chi connectivity index (χ0v) is 29.6. The van der Waals surface area contributed by atoms with Gasteiger partial charge in [-0.15, -0.1) is 6.58 Å². The van der Waals surface area contributed by atoms with Gasteiger partial charge in [0.1, 0.15) is 0 Å². The van der Waals surface area contributed by atoms with Crippen molar-refractivity contribution >= 4 is 25.7 Å². The second-order valence-corrected chi connectivity index (χ2v) is 21.8. The maximum atomic E-state index is 14.1. The van der Waals surface area contributed by atoms with Crippen LogP contribution in [0.2, 0.25) is 0 Å². The van der Waals surface area contributed by atoms with Crippen LogP contribution >= 0.6 is 19.8 Å². The molecule has 43 heavy (non-hydrogen) atoms. The standard InChI is InChI=1S/C35H50IN3O.C3H6/c1-23-12-17-33(3)26(24(23)2)13-18-34(4)28(33)15-20-36-29(34)14-19-35(16-8-11-30(35)36)32(40)38-22-31-37-21-27(39-31)25-9-6-5-7-10-25;1-3-2/h5-7,9-10,21,23-24,26,28-30H,8,11-20,22H2,1-4H3,(H,37,39)(H,38,40);3H,1H2,2H3. The summed E-state index contributed by atoms with van der Waals surface area (Å²) in [5, 5.41) is 3.40. The van der Waals surface area contributed by atoms with Gasteiger partial charge in [-0.25, -0.2) is 0 Å². The zero-order chi connectivity index (χ0) is 30.4. The molecular formula is C38H56IN3O. The van der Waals surface area contributed by atoms with Crippen LogP contribution in [0.3, 0.4) is 0 Å². The predicted molar refractivity (Wildman–Crippen MR) is 188 cm³/mol. The van der Waals surface area contributed by atoms with Gasteiger partial charge in [-0.2, -0.15) is 0 Å². The number of carbonyl (C=O) groups excluding carboxylic acids is 1. The Morgan fingerprint density at radius 1 is 1.02 bits per heavy atom. The zero-order valence-electron chi connectivity index (χ0n) is 27.4. The first-order valence-electron chi connectivity index (χ1n) is 17.3. The van der Waals surface area contributed by atoms with E-state index in [1.807, 2.05) is 31.3 Å². The molecule has 9 unspecified atom stereocenters. The Balaban J connectivity index is 0.00000105. The van der Waals surface area contributed by atoms with Gasteiger partial charge in [0.15, 0.2) is 0 Å². The van der Waals surface area contributed by atoms with E-state index in [1.54, 1.807) is 6.08 Å². The molecule has 7 rings (SSSR count). The monoisotopic (exact) mass is 697 g/mol. The van der Waals surface area contributed by atoms with Crippen LogP contribution in [0.5, 0.6) is 0 Å². The molecule has 2 saturated heterocycles. The number of fused-ring (bicyclic) bond motifs is 7. The molecule has 2 aromatic rings. The first-order chi connectivity index (χ1) is 20.7. The number of hydrogen-bond acceptors (Lipinski definition) is 2. The van der Waals surface area contributed by atoms with Crippen molar-refractivity contribution in [1.82, 2.24) is 15.3 Å². The number of nitrogens with one attached hydrogen (secondary N) is 2. The van der Waals surface area contributed by atoms with E-state index in [4.69, 9.17) is 0 Å². The Morgan fingerprint density at radius 2 is 1.77 bits per heavy atom. The molecule has 236 valence electrons. The van der Waals surface area contributed by atoms with E-state index in [-0.39, 0.29) is 5.41 Å². The van der Waals surface area contributed by atoms with Gasteiger partial charge in [0.05, 0.1) is 0 Å². The molecule has 1 amide bonds. The maximum absolute atomic E-state index is 14.1. The molecule has 0 radical (unpaired) electrons.